The van der Waals surface area contributed by atoms with Crippen LogP contribution in [-0.4, -0.2) is 43.1 Å². The largest absolute Gasteiger partial charge is 0.316 e. The Bertz CT molecular complexity index is 1030. The van der Waals surface area contributed by atoms with Gasteiger partial charge >= 0.3 is 5.69 Å². The monoisotopic (exact) mass is 432 g/mol. The van der Waals surface area contributed by atoms with Crippen molar-refractivity contribution >= 4 is 15.7 Å². The van der Waals surface area contributed by atoms with Gasteiger partial charge in [-0.3, -0.25) is 4.90 Å². The molecule has 0 aromatic heterocycles. The lowest BCUT2D eigenvalue weighted by Crippen LogP contribution is -2.32. The predicted molar refractivity (Wildman–Crippen MR) is 116 cm³/mol. The standard InChI is InChI=1S/C22H30N3O4S/c1-16-12-17(2)22(18(3)13-16)30(28,29)23-9-4-5-10-24-11-8-19-6-7-21(25(26)27)14-20(19)15-24/h6-7,12-14,23H,4-5,8-11,15H2,1-3H3,(H,26,27)/q+1. The third-order valence-corrected chi connectivity index (χ3v) is 7.33. The van der Waals surface area contributed by atoms with Crippen LogP contribution in [0.25, 0.3) is 0 Å². The molecule has 2 N–H and O–H groups in total. The molecule has 0 saturated carbocycles. The second kappa shape index (κ2) is 9.24. The summed E-state index contributed by atoms with van der Waals surface area (Å²) in [6.07, 6.45) is 2.52. The Hall–Kier alpha value is -2.29. The van der Waals surface area contributed by atoms with Gasteiger partial charge in [0.1, 0.15) is 0 Å². The van der Waals surface area contributed by atoms with Gasteiger partial charge in [0.25, 0.3) is 4.92 Å². The highest BCUT2D eigenvalue weighted by Crippen LogP contribution is 2.24. The number of unbranched alkanes of at least 4 members (excludes halogenated alkanes) is 1. The van der Waals surface area contributed by atoms with Crippen molar-refractivity contribution in [2.24, 2.45) is 0 Å². The Morgan fingerprint density at radius 2 is 1.77 bits per heavy atom. The third-order valence-electron chi connectivity index (χ3n) is 5.57. The molecule has 0 spiro atoms. The summed E-state index contributed by atoms with van der Waals surface area (Å²) in [6, 6.07) is 9.04. The van der Waals surface area contributed by atoms with Crippen molar-refractivity contribution in [1.82, 2.24) is 9.62 Å². The summed E-state index contributed by atoms with van der Waals surface area (Å²) >= 11 is 0. The summed E-state index contributed by atoms with van der Waals surface area (Å²) in [7, 11) is -3.52. The highest BCUT2D eigenvalue weighted by Gasteiger charge is 2.21. The van der Waals surface area contributed by atoms with Gasteiger partial charge in [-0.25, -0.2) is 18.3 Å². The Morgan fingerprint density at radius 1 is 1.07 bits per heavy atom. The molecule has 0 fully saturated rings. The average Bonchev–Trinajstić information content (AvgIpc) is 2.65. The molecule has 2 aromatic rings. The molecule has 0 aliphatic carbocycles. The van der Waals surface area contributed by atoms with Gasteiger partial charge in [-0.15, -0.1) is 0 Å². The number of hydrogen-bond acceptors (Lipinski definition) is 4. The minimum Gasteiger partial charge on any atom is -0.299 e. The van der Waals surface area contributed by atoms with E-state index in [0.717, 1.165) is 61.2 Å². The molecule has 0 radical (unpaired) electrons. The fraction of sp³-hybridized carbons (Fsp3) is 0.455. The number of aryl methyl sites for hydroxylation is 3. The number of nitrogens with zero attached hydrogens (tertiary/aromatic N) is 2. The molecule has 1 aliphatic rings. The summed E-state index contributed by atoms with van der Waals surface area (Å²) in [4.78, 5) is 13.7. The van der Waals surface area contributed by atoms with Crippen molar-refractivity contribution in [2.75, 3.05) is 19.6 Å². The number of hydrogen-bond donors (Lipinski definition) is 2. The Labute approximate surface area is 178 Å². The molecule has 2 aromatic carbocycles. The minimum absolute atomic E-state index is 0.108. The lowest BCUT2D eigenvalue weighted by molar-refractivity contribution is -0.729. The molecule has 7 nitrogen and oxygen atoms in total. The predicted octanol–water partition coefficient (Wildman–Crippen LogP) is 3.53. The summed E-state index contributed by atoms with van der Waals surface area (Å²) in [5.74, 6) is 0. The zero-order valence-corrected chi connectivity index (χ0v) is 18.6. The first-order valence-corrected chi connectivity index (χ1v) is 11.7. The molecule has 0 bridgehead atoms. The number of nitrogens with one attached hydrogen (secondary N) is 1. The molecule has 3 rings (SSSR count). The summed E-state index contributed by atoms with van der Waals surface area (Å²) in [5, 5.41) is 9.10. The zero-order chi connectivity index (χ0) is 21.9. The minimum atomic E-state index is -3.52. The molecular formula is C22H30N3O4S+. The summed E-state index contributed by atoms with van der Waals surface area (Å²) < 4.78 is 28.1. The van der Waals surface area contributed by atoms with Gasteiger partial charge < -0.3 is 0 Å². The van der Waals surface area contributed by atoms with Crippen molar-refractivity contribution < 1.29 is 18.5 Å². The van der Waals surface area contributed by atoms with Crippen LogP contribution in [0.15, 0.2) is 35.2 Å². The fourth-order valence-electron chi connectivity index (χ4n) is 4.24. The molecule has 0 amide bonds. The lowest BCUT2D eigenvalue weighted by Gasteiger charge is -2.28. The van der Waals surface area contributed by atoms with E-state index >= 15 is 0 Å². The molecule has 30 heavy (non-hydrogen) atoms. The molecule has 0 atom stereocenters. The Balaban J connectivity index is 1.49. The van der Waals surface area contributed by atoms with E-state index in [2.05, 4.69) is 9.62 Å². The van der Waals surface area contributed by atoms with Crippen LogP contribution in [0.4, 0.5) is 5.69 Å². The van der Waals surface area contributed by atoms with Gasteiger partial charge in [-0.05, 0) is 68.8 Å². The SMILES string of the molecule is Cc1cc(C)c(S(=O)(=O)NCCCCN2CCc3ccc([N+](=O)O)cc3C2)c(C)c1. The number of benzene rings is 2. The van der Waals surface area contributed by atoms with Gasteiger partial charge in [0.2, 0.25) is 10.0 Å². The van der Waals surface area contributed by atoms with Crippen molar-refractivity contribution in [3.63, 3.8) is 0 Å². The lowest BCUT2D eigenvalue weighted by atomic mass is 9.99. The summed E-state index contributed by atoms with van der Waals surface area (Å²) in [5.41, 5.74) is 5.10. The number of fused-ring (bicyclic) bond motifs is 1. The van der Waals surface area contributed by atoms with Crippen molar-refractivity contribution in [2.45, 2.75) is 51.5 Å². The van der Waals surface area contributed by atoms with E-state index in [1.807, 2.05) is 39.0 Å². The Morgan fingerprint density at radius 3 is 2.43 bits per heavy atom. The first kappa shape index (κ1) is 22.4. The number of rotatable bonds is 8. The maximum atomic E-state index is 12.7. The van der Waals surface area contributed by atoms with Gasteiger partial charge in [-0.1, -0.05) is 23.8 Å². The second-order valence-electron chi connectivity index (χ2n) is 8.08. The molecule has 0 saturated heterocycles. The average molecular weight is 433 g/mol. The highest BCUT2D eigenvalue weighted by molar-refractivity contribution is 7.89. The van der Waals surface area contributed by atoms with Crippen LogP contribution in [0.1, 0.15) is 40.7 Å². The smallest absolute Gasteiger partial charge is 0.299 e. The highest BCUT2D eigenvalue weighted by atomic mass is 32.2. The van der Waals surface area contributed by atoms with Gasteiger partial charge in [0.05, 0.1) is 9.80 Å². The first-order chi connectivity index (χ1) is 14.2. The van der Waals surface area contributed by atoms with E-state index in [0.29, 0.717) is 11.4 Å². The molecule has 8 heteroatoms. The van der Waals surface area contributed by atoms with Crippen LogP contribution in [0.5, 0.6) is 0 Å². The van der Waals surface area contributed by atoms with Crippen LogP contribution in [0.2, 0.25) is 0 Å². The third kappa shape index (κ3) is 5.24. The van der Waals surface area contributed by atoms with Crippen LogP contribution >= 0.6 is 0 Å². The van der Waals surface area contributed by atoms with E-state index in [-0.39, 0.29) is 10.6 Å². The number of sulfonamides is 1. The summed E-state index contributed by atoms with van der Waals surface area (Å²) in [6.45, 7) is 8.54. The van der Waals surface area contributed by atoms with Crippen LogP contribution < -0.4 is 4.72 Å². The van der Waals surface area contributed by atoms with E-state index in [1.54, 1.807) is 12.1 Å². The van der Waals surface area contributed by atoms with Crippen LogP contribution in [0.3, 0.4) is 0 Å². The fourth-order valence-corrected chi connectivity index (χ4v) is 5.76. The Kier molecular flexibility index (Phi) is 6.90. The van der Waals surface area contributed by atoms with E-state index in [1.165, 1.54) is 5.56 Å². The maximum absolute atomic E-state index is 12.7. The van der Waals surface area contributed by atoms with Crippen molar-refractivity contribution in [3.8, 4) is 0 Å². The maximum Gasteiger partial charge on any atom is 0.316 e. The van der Waals surface area contributed by atoms with Crippen LogP contribution in [0, 0.1) is 25.7 Å². The normalized spacial score (nSPS) is 14.5. The van der Waals surface area contributed by atoms with Gasteiger partial charge in [-0.2, -0.15) is 0 Å². The molecular weight excluding hydrogens is 402 g/mol. The quantitative estimate of drug-likeness (QED) is 0.492. The zero-order valence-electron chi connectivity index (χ0n) is 17.8. The van der Waals surface area contributed by atoms with E-state index < -0.39 is 10.0 Å². The van der Waals surface area contributed by atoms with E-state index in [9.17, 15) is 13.3 Å². The van der Waals surface area contributed by atoms with Crippen molar-refractivity contribution in [1.29, 1.82) is 0 Å². The molecule has 0 unspecified atom stereocenters. The molecule has 162 valence electrons. The van der Waals surface area contributed by atoms with E-state index in [4.69, 9.17) is 5.21 Å². The second-order valence-corrected chi connectivity index (χ2v) is 9.79. The van der Waals surface area contributed by atoms with Gasteiger partial charge in [0, 0.05) is 31.8 Å². The van der Waals surface area contributed by atoms with Gasteiger partial charge in [0.15, 0.2) is 0 Å². The molecule has 1 aliphatic heterocycles. The topological polar surface area (TPSA) is 89.7 Å². The first-order valence-electron chi connectivity index (χ1n) is 10.2. The molecule has 1 heterocycles. The van der Waals surface area contributed by atoms with Crippen LogP contribution in [-0.2, 0) is 23.0 Å². The van der Waals surface area contributed by atoms with Crippen molar-refractivity contribution in [3.05, 3.63) is 63.1 Å².